The molecule has 0 aliphatic carbocycles. The number of imidazole rings is 1. The van der Waals surface area contributed by atoms with Gasteiger partial charge in [0, 0.05) is 30.9 Å². The number of hydrogen-bond donors (Lipinski definition) is 1. The van der Waals surface area contributed by atoms with Gasteiger partial charge in [-0.25, -0.2) is 4.98 Å². The Morgan fingerprint density at radius 3 is 2.00 bits per heavy atom. The molecule has 4 heteroatoms. The van der Waals surface area contributed by atoms with Crippen molar-refractivity contribution < 1.29 is 5.11 Å². The van der Waals surface area contributed by atoms with Crippen molar-refractivity contribution in [2.75, 3.05) is 11.9 Å². The van der Waals surface area contributed by atoms with Crippen molar-refractivity contribution in [3.8, 4) is 28.3 Å². The van der Waals surface area contributed by atoms with Gasteiger partial charge < -0.3 is 14.6 Å². The Labute approximate surface area is 165 Å². The van der Waals surface area contributed by atoms with Crippen LogP contribution in [0.2, 0.25) is 0 Å². The highest BCUT2D eigenvalue weighted by Gasteiger charge is 2.18. The highest BCUT2D eigenvalue weighted by atomic mass is 16.3. The second-order valence-corrected chi connectivity index (χ2v) is 6.89. The van der Waals surface area contributed by atoms with E-state index in [1.165, 1.54) is 0 Å². The van der Waals surface area contributed by atoms with Crippen molar-refractivity contribution in [2.45, 2.75) is 6.54 Å². The summed E-state index contributed by atoms with van der Waals surface area (Å²) < 4.78 is 2.18. The summed E-state index contributed by atoms with van der Waals surface area (Å²) >= 11 is 0. The standard InChI is InChI=1S/C24H23N3O/c1-26(20-13-15-21(28)16-14-20)17-22-25-23(18-9-5-3-6-10-18)24(27(22)2)19-11-7-4-8-12-19/h3-16,28H,17H2,1-2H3. The van der Waals surface area contributed by atoms with Gasteiger partial charge in [-0.1, -0.05) is 60.7 Å². The first-order valence-corrected chi connectivity index (χ1v) is 9.30. The molecule has 0 saturated heterocycles. The zero-order valence-electron chi connectivity index (χ0n) is 16.1. The lowest BCUT2D eigenvalue weighted by molar-refractivity contribution is 0.475. The molecule has 0 saturated carbocycles. The number of benzene rings is 3. The normalized spacial score (nSPS) is 10.8. The molecule has 0 radical (unpaired) electrons. The molecule has 3 aromatic carbocycles. The van der Waals surface area contributed by atoms with Crippen molar-refractivity contribution in [2.24, 2.45) is 7.05 Å². The second kappa shape index (κ2) is 7.61. The maximum absolute atomic E-state index is 9.53. The molecule has 1 aromatic heterocycles. The van der Waals surface area contributed by atoms with Crippen LogP contribution in [0.4, 0.5) is 5.69 Å². The Morgan fingerprint density at radius 2 is 1.39 bits per heavy atom. The number of phenolic OH excluding ortho intramolecular Hbond substituents is 1. The van der Waals surface area contributed by atoms with Gasteiger partial charge in [-0.3, -0.25) is 0 Å². The number of rotatable bonds is 5. The molecular formula is C24H23N3O. The van der Waals surface area contributed by atoms with Gasteiger partial charge in [-0.2, -0.15) is 0 Å². The van der Waals surface area contributed by atoms with Gasteiger partial charge in [-0.15, -0.1) is 0 Å². The Kier molecular flexibility index (Phi) is 4.85. The number of aromatic nitrogens is 2. The first-order chi connectivity index (χ1) is 13.6. The van der Waals surface area contributed by atoms with Crippen LogP contribution in [-0.4, -0.2) is 21.7 Å². The van der Waals surface area contributed by atoms with Gasteiger partial charge in [0.1, 0.15) is 11.6 Å². The molecule has 4 nitrogen and oxygen atoms in total. The monoisotopic (exact) mass is 369 g/mol. The first-order valence-electron chi connectivity index (χ1n) is 9.30. The number of nitrogens with zero attached hydrogens (tertiary/aromatic N) is 3. The lowest BCUT2D eigenvalue weighted by Gasteiger charge is -2.19. The molecule has 0 bridgehead atoms. The van der Waals surface area contributed by atoms with Gasteiger partial charge >= 0.3 is 0 Å². The van der Waals surface area contributed by atoms with Crippen LogP contribution < -0.4 is 4.90 Å². The Bertz CT molecular complexity index is 1050. The van der Waals surface area contributed by atoms with Crippen molar-refractivity contribution in [1.82, 2.24) is 9.55 Å². The van der Waals surface area contributed by atoms with Crippen LogP contribution in [0.1, 0.15) is 5.82 Å². The van der Waals surface area contributed by atoms with E-state index in [-0.39, 0.29) is 5.75 Å². The lowest BCUT2D eigenvalue weighted by atomic mass is 10.1. The van der Waals surface area contributed by atoms with Crippen LogP contribution in [-0.2, 0) is 13.6 Å². The molecule has 28 heavy (non-hydrogen) atoms. The third-order valence-electron chi connectivity index (χ3n) is 4.95. The maximum Gasteiger partial charge on any atom is 0.129 e. The topological polar surface area (TPSA) is 41.3 Å². The molecule has 0 fully saturated rings. The van der Waals surface area contributed by atoms with Gasteiger partial charge in [0.2, 0.25) is 0 Å². The first kappa shape index (κ1) is 17.9. The Morgan fingerprint density at radius 1 is 0.821 bits per heavy atom. The van der Waals surface area contributed by atoms with Crippen LogP contribution in [0.15, 0.2) is 84.9 Å². The van der Waals surface area contributed by atoms with Gasteiger partial charge in [0.15, 0.2) is 0 Å². The summed E-state index contributed by atoms with van der Waals surface area (Å²) in [5.41, 5.74) is 5.39. The van der Waals surface area contributed by atoms with E-state index in [1.807, 2.05) is 43.4 Å². The van der Waals surface area contributed by atoms with Crippen LogP contribution in [0.25, 0.3) is 22.5 Å². The van der Waals surface area contributed by atoms with Crippen molar-refractivity contribution in [1.29, 1.82) is 0 Å². The summed E-state index contributed by atoms with van der Waals surface area (Å²) in [6, 6.07) is 27.9. The average molecular weight is 369 g/mol. The van der Waals surface area contributed by atoms with E-state index in [9.17, 15) is 5.11 Å². The zero-order valence-corrected chi connectivity index (χ0v) is 16.1. The van der Waals surface area contributed by atoms with E-state index in [0.717, 1.165) is 34.0 Å². The summed E-state index contributed by atoms with van der Waals surface area (Å²) in [6.45, 7) is 0.661. The molecule has 0 amide bonds. The number of anilines is 1. The number of phenols is 1. The van der Waals surface area contributed by atoms with Crippen molar-refractivity contribution in [3.05, 3.63) is 90.8 Å². The number of aromatic hydroxyl groups is 1. The van der Waals surface area contributed by atoms with Crippen molar-refractivity contribution in [3.63, 3.8) is 0 Å². The smallest absolute Gasteiger partial charge is 0.129 e. The number of hydrogen-bond acceptors (Lipinski definition) is 3. The molecule has 0 aliphatic rings. The predicted molar refractivity (Wildman–Crippen MR) is 114 cm³/mol. The van der Waals surface area contributed by atoms with Gasteiger partial charge in [0.05, 0.1) is 17.9 Å². The molecule has 1 heterocycles. The summed E-state index contributed by atoms with van der Waals surface area (Å²) in [5, 5.41) is 9.53. The highest BCUT2D eigenvalue weighted by Crippen LogP contribution is 2.32. The summed E-state index contributed by atoms with van der Waals surface area (Å²) in [5.74, 6) is 1.25. The summed E-state index contributed by atoms with van der Waals surface area (Å²) in [7, 11) is 4.10. The minimum Gasteiger partial charge on any atom is -0.508 e. The molecule has 4 aromatic rings. The van der Waals surface area contributed by atoms with E-state index in [0.29, 0.717) is 6.54 Å². The molecule has 4 rings (SSSR count). The minimum absolute atomic E-state index is 0.270. The molecule has 140 valence electrons. The SMILES string of the molecule is CN(Cc1nc(-c2ccccc2)c(-c2ccccc2)n1C)c1ccc(O)cc1. The molecular weight excluding hydrogens is 346 g/mol. The van der Waals surface area contributed by atoms with E-state index < -0.39 is 0 Å². The fourth-order valence-electron chi connectivity index (χ4n) is 3.42. The minimum atomic E-state index is 0.270. The quantitative estimate of drug-likeness (QED) is 0.532. The van der Waals surface area contributed by atoms with Crippen LogP contribution in [0, 0.1) is 0 Å². The van der Waals surface area contributed by atoms with Crippen LogP contribution >= 0.6 is 0 Å². The molecule has 0 atom stereocenters. The van der Waals surface area contributed by atoms with E-state index in [4.69, 9.17) is 4.98 Å². The molecule has 0 unspecified atom stereocenters. The zero-order chi connectivity index (χ0) is 19.5. The Hall–Kier alpha value is -3.53. The maximum atomic E-state index is 9.53. The largest absolute Gasteiger partial charge is 0.508 e. The second-order valence-electron chi connectivity index (χ2n) is 6.89. The van der Waals surface area contributed by atoms with Crippen LogP contribution in [0.3, 0.4) is 0 Å². The van der Waals surface area contributed by atoms with Crippen molar-refractivity contribution >= 4 is 5.69 Å². The fraction of sp³-hybridized carbons (Fsp3) is 0.125. The molecule has 0 spiro atoms. The third kappa shape index (κ3) is 3.49. The molecule has 1 N–H and O–H groups in total. The lowest BCUT2D eigenvalue weighted by Crippen LogP contribution is -2.19. The van der Waals surface area contributed by atoms with E-state index in [1.54, 1.807) is 12.1 Å². The van der Waals surface area contributed by atoms with E-state index in [2.05, 4.69) is 52.9 Å². The third-order valence-corrected chi connectivity index (χ3v) is 4.95. The van der Waals surface area contributed by atoms with E-state index >= 15 is 0 Å². The van der Waals surface area contributed by atoms with Crippen LogP contribution in [0.5, 0.6) is 5.75 Å². The average Bonchev–Trinajstić information content (AvgIpc) is 3.06. The summed E-state index contributed by atoms with van der Waals surface area (Å²) in [6.07, 6.45) is 0. The van der Waals surface area contributed by atoms with Gasteiger partial charge in [-0.05, 0) is 24.3 Å². The fourth-order valence-corrected chi connectivity index (χ4v) is 3.42. The van der Waals surface area contributed by atoms with Gasteiger partial charge in [0.25, 0.3) is 0 Å². The summed E-state index contributed by atoms with van der Waals surface area (Å²) in [4.78, 5) is 7.14. The Balaban J connectivity index is 1.76. The molecule has 0 aliphatic heterocycles. The highest BCUT2D eigenvalue weighted by molar-refractivity contribution is 5.79. The predicted octanol–water partition coefficient (Wildman–Crippen LogP) is 5.10.